The van der Waals surface area contributed by atoms with E-state index in [-0.39, 0.29) is 11.7 Å². The highest BCUT2D eigenvalue weighted by molar-refractivity contribution is 6.30. The van der Waals surface area contributed by atoms with E-state index in [2.05, 4.69) is 5.32 Å². The maximum atomic E-state index is 12.0. The largest absolute Gasteiger partial charge is 0.508 e. The van der Waals surface area contributed by atoms with Gasteiger partial charge >= 0.3 is 0 Å². The van der Waals surface area contributed by atoms with Crippen LogP contribution in [0.25, 0.3) is 0 Å². The van der Waals surface area contributed by atoms with Gasteiger partial charge in [-0.1, -0.05) is 23.7 Å². The fraction of sp³-hybridized carbons (Fsp3) is 0.133. The number of nitrogens with one attached hydrogen (secondary N) is 1. The first kappa shape index (κ1) is 12.8. The first-order valence-corrected chi connectivity index (χ1v) is 6.54. The molecule has 1 aliphatic heterocycles. The average Bonchev–Trinajstić information content (AvgIpc) is 2.40. The third-order valence-corrected chi connectivity index (χ3v) is 3.33. The first-order valence-electron chi connectivity index (χ1n) is 6.17. The minimum Gasteiger partial charge on any atom is -0.508 e. The van der Waals surface area contributed by atoms with E-state index < -0.39 is 6.10 Å². The number of aromatic hydroxyl groups is 1. The van der Waals surface area contributed by atoms with E-state index in [0.29, 0.717) is 22.9 Å². The smallest absolute Gasteiger partial charge is 0.265 e. The fourth-order valence-electron chi connectivity index (χ4n) is 2.14. The molecule has 1 aliphatic rings. The Morgan fingerprint density at radius 1 is 1.25 bits per heavy atom. The Bertz CT molecular complexity index is 672. The Labute approximate surface area is 120 Å². The van der Waals surface area contributed by atoms with Crippen LogP contribution in [0.1, 0.15) is 5.56 Å². The molecule has 102 valence electrons. The summed E-state index contributed by atoms with van der Waals surface area (Å²) in [5, 5.41) is 12.8. The number of benzene rings is 2. The van der Waals surface area contributed by atoms with E-state index in [9.17, 15) is 9.90 Å². The molecule has 0 fully saturated rings. The molecule has 0 bridgehead atoms. The molecule has 0 aliphatic carbocycles. The van der Waals surface area contributed by atoms with E-state index >= 15 is 0 Å². The fourth-order valence-corrected chi connectivity index (χ4v) is 2.36. The summed E-state index contributed by atoms with van der Waals surface area (Å²) in [6, 6.07) is 11.9. The molecular weight excluding hydrogens is 278 g/mol. The van der Waals surface area contributed by atoms with Gasteiger partial charge in [0.1, 0.15) is 11.5 Å². The van der Waals surface area contributed by atoms with E-state index in [1.807, 2.05) is 12.1 Å². The zero-order chi connectivity index (χ0) is 14.1. The van der Waals surface area contributed by atoms with Gasteiger partial charge in [-0.15, -0.1) is 0 Å². The number of hydrogen-bond acceptors (Lipinski definition) is 3. The number of phenolic OH excluding ortho intramolecular Hbond substituents is 1. The van der Waals surface area contributed by atoms with Crippen molar-refractivity contribution in [2.45, 2.75) is 12.5 Å². The van der Waals surface area contributed by atoms with Crippen LogP contribution < -0.4 is 10.1 Å². The quantitative estimate of drug-likeness (QED) is 0.836. The van der Waals surface area contributed by atoms with Crippen molar-refractivity contribution in [3.63, 3.8) is 0 Å². The normalized spacial score (nSPS) is 17.1. The molecule has 0 spiro atoms. The Hall–Kier alpha value is -2.20. The number of anilines is 1. The van der Waals surface area contributed by atoms with Crippen molar-refractivity contribution in [1.29, 1.82) is 0 Å². The third-order valence-electron chi connectivity index (χ3n) is 3.09. The highest BCUT2D eigenvalue weighted by Gasteiger charge is 2.28. The lowest BCUT2D eigenvalue weighted by Crippen LogP contribution is -2.38. The van der Waals surface area contributed by atoms with Gasteiger partial charge in [0.2, 0.25) is 0 Å². The van der Waals surface area contributed by atoms with Gasteiger partial charge in [-0.05, 0) is 29.8 Å². The first-order chi connectivity index (χ1) is 9.61. The van der Waals surface area contributed by atoms with Gasteiger partial charge in [-0.3, -0.25) is 4.79 Å². The van der Waals surface area contributed by atoms with Crippen LogP contribution in [0.5, 0.6) is 11.5 Å². The maximum Gasteiger partial charge on any atom is 0.265 e. The summed E-state index contributed by atoms with van der Waals surface area (Å²) in [5.74, 6) is 0.362. The Kier molecular flexibility index (Phi) is 3.24. The van der Waals surface area contributed by atoms with E-state index in [1.54, 1.807) is 18.2 Å². The molecule has 4 nitrogen and oxygen atoms in total. The lowest BCUT2D eigenvalue weighted by atomic mass is 10.1. The molecule has 2 N–H and O–H groups in total. The number of carbonyl (C=O) groups excluding carboxylic acids is 1. The molecule has 0 radical (unpaired) electrons. The Morgan fingerprint density at radius 3 is 2.90 bits per heavy atom. The zero-order valence-electron chi connectivity index (χ0n) is 10.5. The van der Waals surface area contributed by atoms with Crippen molar-refractivity contribution < 1.29 is 14.6 Å². The average molecular weight is 290 g/mol. The van der Waals surface area contributed by atoms with Crippen LogP contribution >= 0.6 is 11.6 Å². The number of carbonyl (C=O) groups is 1. The topological polar surface area (TPSA) is 58.6 Å². The Balaban J connectivity index is 1.83. The van der Waals surface area contributed by atoms with Crippen LogP contribution in [0.3, 0.4) is 0 Å². The lowest BCUT2D eigenvalue weighted by Gasteiger charge is -2.26. The molecule has 2 aromatic carbocycles. The third kappa shape index (κ3) is 2.56. The van der Waals surface area contributed by atoms with Gasteiger partial charge in [0.05, 0.1) is 5.69 Å². The van der Waals surface area contributed by atoms with E-state index in [0.717, 1.165) is 5.56 Å². The van der Waals surface area contributed by atoms with Gasteiger partial charge in [0.25, 0.3) is 5.91 Å². The minimum atomic E-state index is -0.636. The number of amides is 1. The number of halogens is 1. The number of hydrogen-bond donors (Lipinski definition) is 2. The second kappa shape index (κ2) is 5.06. The minimum absolute atomic E-state index is 0.0985. The molecule has 5 heteroatoms. The van der Waals surface area contributed by atoms with Crippen LogP contribution in [-0.4, -0.2) is 17.1 Å². The molecule has 20 heavy (non-hydrogen) atoms. The molecular formula is C15H12ClNO3. The summed E-state index contributed by atoms with van der Waals surface area (Å²) in [7, 11) is 0. The van der Waals surface area contributed by atoms with Crippen molar-refractivity contribution in [3.05, 3.63) is 53.1 Å². The van der Waals surface area contributed by atoms with Gasteiger partial charge in [-0.25, -0.2) is 0 Å². The predicted octanol–water partition coefficient (Wildman–Crippen LogP) is 2.99. The van der Waals surface area contributed by atoms with Crippen LogP contribution in [0.4, 0.5) is 5.69 Å². The summed E-state index contributed by atoms with van der Waals surface area (Å²) in [4.78, 5) is 12.0. The van der Waals surface area contributed by atoms with E-state index in [4.69, 9.17) is 16.3 Å². The summed E-state index contributed by atoms with van der Waals surface area (Å²) in [6.07, 6.45) is -0.218. The molecule has 1 heterocycles. The van der Waals surface area contributed by atoms with Crippen LogP contribution in [0.2, 0.25) is 5.02 Å². The summed E-state index contributed by atoms with van der Waals surface area (Å²) >= 11 is 5.93. The Morgan fingerprint density at radius 2 is 2.10 bits per heavy atom. The van der Waals surface area contributed by atoms with Crippen LogP contribution in [-0.2, 0) is 11.2 Å². The van der Waals surface area contributed by atoms with Gasteiger partial charge in [0, 0.05) is 17.5 Å². The number of rotatable bonds is 2. The zero-order valence-corrected chi connectivity index (χ0v) is 11.2. The number of fused-ring (bicyclic) bond motifs is 1. The van der Waals surface area contributed by atoms with Crippen molar-refractivity contribution in [2.75, 3.05) is 5.32 Å². The van der Waals surface area contributed by atoms with Crippen molar-refractivity contribution in [2.24, 2.45) is 0 Å². The molecule has 0 aromatic heterocycles. The highest BCUT2D eigenvalue weighted by Crippen LogP contribution is 2.33. The second-order valence-corrected chi connectivity index (χ2v) is 5.05. The summed E-state index contributed by atoms with van der Waals surface area (Å²) < 4.78 is 5.65. The van der Waals surface area contributed by atoms with Crippen LogP contribution in [0, 0.1) is 0 Å². The molecule has 0 saturated carbocycles. The summed E-state index contributed by atoms with van der Waals surface area (Å²) in [6.45, 7) is 0. The molecule has 1 amide bonds. The molecule has 3 rings (SSSR count). The second-order valence-electron chi connectivity index (χ2n) is 4.61. The lowest BCUT2D eigenvalue weighted by molar-refractivity contribution is -0.123. The van der Waals surface area contributed by atoms with Gasteiger partial charge < -0.3 is 15.2 Å². The van der Waals surface area contributed by atoms with Gasteiger partial charge in [-0.2, -0.15) is 0 Å². The standard InChI is InChI=1S/C15H12ClNO3/c16-10-3-1-2-9(6-10)7-14-15(19)17-12-5-4-11(18)8-13(12)20-14/h1-6,8,14,18H,7H2,(H,17,19). The maximum absolute atomic E-state index is 12.0. The molecule has 1 unspecified atom stereocenters. The highest BCUT2D eigenvalue weighted by atomic mass is 35.5. The number of ether oxygens (including phenoxy) is 1. The molecule has 1 atom stereocenters. The summed E-state index contributed by atoms with van der Waals surface area (Å²) in [5.41, 5.74) is 1.48. The predicted molar refractivity (Wildman–Crippen MR) is 76.3 cm³/mol. The van der Waals surface area contributed by atoms with Crippen LogP contribution in [0.15, 0.2) is 42.5 Å². The SMILES string of the molecule is O=C1Nc2ccc(O)cc2OC1Cc1cccc(Cl)c1. The molecule has 0 saturated heterocycles. The van der Waals surface area contributed by atoms with Crippen molar-refractivity contribution >= 4 is 23.2 Å². The monoisotopic (exact) mass is 289 g/mol. The number of phenols is 1. The van der Waals surface area contributed by atoms with Gasteiger partial charge in [0.15, 0.2) is 6.10 Å². The van der Waals surface area contributed by atoms with Crippen molar-refractivity contribution in [3.8, 4) is 11.5 Å². The van der Waals surface area contributed by atoms with E-state index in [1.165, 1.54) is 12.1 Å². The molecule has 2 aromatic rings. The van der Waals surface area contributed by atoms with Crippen molar-refractivity contribution in [1.82, 2.24) is 0 Å².